The summed E-state index contributed by atoms with van der Waals surface area (Å²) in [6.07, 6.45) is 0.169. The second kappa shape index (κ2) is 8.90. The molecule has 0 amide bonds. The van der Waals surface area contributed by atoms with Crippen LogP contribution in [-0.2, 0) is 9.98 Å². The molecular weight excluding hydrogens is 459 g/mol. The number of Topliss-reactive ketones (excluding diaryl/α,β-unsaturated/α-hetero) is 1. The van der Waals surface area contributed by atoms with Crippen LogP contribution < -0.4 is 10.6 Å². The second-order valence-corrected chi connectivity index (χ2v) is 12.1. The summed E-state index contributed by atoms with van der Waals surface area (Å²) in [7, 11) is -3.25. The number of carbonyl (C=O) groups is 1. The van der Waals surface area contributed by atoms with E-state index in [9.17, 15) is 4.79 Å². The molecule has 0 unspecified atom stereocenters. The summed E-state index contributed by atoms with van der Waals surface area (Å²) in [6.45, 7) is 0. The van der Waals surface area contributed by atoms with Gasteiger partial charge < -0.3 is 4.57 Å². The molecule has 1 aliphatic carbocycles. The molecule has 1 aliphatic rings. The first-order valence-corrected chi connectivity index (χ1v) is 14.0. The van der Waals surface area contributed by atoms with Crippen molar-refractivity contribution in [2.45, 2.75) is 5.41 Å². The van der Waals surface area contributed by atoms with E-state index in [0.717, 1.165) is 32.9 Å². The Balaban J connectivity index is 1.69. The molecule has 0 aromatic heterocycles. The van der Waals surface area contributed by atoms with Crippen LogP contribution in [0.2, 0.25) is 0 Å². The zero-order valence-corrected chi connectivity index (χ0v) is 20.6. The predicted octanol–water partition coefficient (Wildman–Crippen LogP) is 6.85. The summed E-state index contributed by atoms with van der Waals surface area (Å²) in [6, 6.07) is 45.1. The molecule has 0 saturated heterocycles. The van der Waals surface area contributed by atoms with Gasteiger partial charge in [-0.3, -0.25) is 4.79 Å². The summed E-state index contributed by atoms with van der Waals surface area (Å²) in [4.78, 5) is 14.7. The standard InChI is InChI=1S/C33H25O2P/c34-32-30-22-11-10-20-28(30)29-21-12-13-23-31(29)33(32,25-14-4-1-5-15-25)24-36(35,26-16-6-2-7-17-26)27-18-8-3-9-19-27/h1-23H,24H2/t33-/m1/s1. The van der Waals surface area contributed by atoms with Crippen molar-refractivity contribution in [2.24, 2.45) is 0 Å². The zero-order valence-electron chi connectivity index (χ0n) is 19.7. The van der Waals surface area contributed by atoms with Gasteiger partial charge in [-0.2, -0.15) is 0 Å². The van der Waals surface area contributed by atoms with Crippen LogP contribution in [0.3, 0.4) is 0 Å². The van der Waals surface area contributed by atoms with E-state index < -0.39 is 12.6 Å². The number of rotatable bonds is 5. The van der Waals surface area contributed by atoms with E-state index in [1.54, 1.807) is 0 Å². The minimum atomic E-state index is -3.25. The Labute approximate surface area is 211 Å². The molecule has 0 N–H and O–H groups in total. The first kappa shape index (κ1) is 22.5. The van der Waals surface area contributed by atoms with Crippen molar-refractivity contribution in [1.82, 2.24) is 0 Å². The molecule has 6 rings (SSSR count). The smallest absolute Gasteiger partial charge is 0.178 e. The Morgan fingerprint density at radius 2 is 0.944 bits per heavy atom. The van der Waals surface area contributed by atoms with E-state index >= 15 is 4.57 Å². The van der Waals surface area contributed by atoms with E-state index in [-0.39, 0.29) is 11.9 Å². The highest BCUT2D eigenvalue weighted by Gasteiger charge is 2.51. The Morgan fingerprint density at radius 1 is 0.500 bits per heavy atom. The molecule has 5 aromatic rings. The maximum atomic E-state index is 15.4. The molecule has 5 aromatic carbocycles. The Bertz CT molecular complexity index is 1550. The van der Waals surface area contributed by atoms with Gasteiger partial charge in [-0.25, -0.2) is 0 Å². The molecule has 0 fully saturated rings. The van der Waals surface area contributed by atoms with Crippen molar-refractivity contribution >= 4 is 23.5 Å². The van der Waals surface area contributed by atoms with Crippen LogP contribution in [0.15, 0.2) is 140 Å². The average molecular weight is 485 g/mol. The van der Waals surface area contributed by atoms with Crippen LogP contribution in [0, 0.1) is 0 Å². The van der Waals surface area contributed by atoms with Gasteiger partial charge in [-0.1, -0.05) is 140 Å². The average Bonchev–Trinajstić information content (AvgIpc) is 2.96. The fraction of sp³-hybridized carbons (Fsp3) is 0.0606. The third-order valence-electron chi connectivity index (χ3n) is 7.31. The number of carbonyl (C=O) groups excluding carboxylic acids is 1. The molecule has 174 valence electrons. The number of hydrogen-bond acceptors (Lipinski definition) is 2. The number of benzene rings is 5. The second-order valence-electron chi connectivity index (χ2n) is 9.26. The fourth-order valence-electron chi connectivity index (χ4n) is 5.62. The van der Waals surface area contributed by atoms with E-state index in [1.807, 2.05) is 133 Å². The van der Waals surface area contributed by atoms with E-state index in [0.29, 0.717) is 5.56 Å². The van der Waals surface area contributed by atoms with Gasteiger partial charge in [0.05, 0.1) is 5.41 Å². The summed E-state index contributed by atoms with van der Waals surface area (Å²) in [5.74, 6) is -0.00455. The minimum absolute atomic E-state index is 0.00455. The lowest BCUT2D eigenvalue weighted by atomic mass is 9.64. The summed E-state index contributed by atoms with van der Waals surface area (Å²) < 4.78 is 15.4. The molecule has 0 radical (unpaired) electrons. The Hall–Kier alpha value is -4.00. The SMILES string of the molecule is O=C1c2ccccc2-c2ccccc2[C@@]1(CP(=O)(c1ccccc1)c1ccccc1)c1ccccc1. The van der Waals surface area contributed by atoms with Gasteiger partial charge in [0.15, 0.2) is 5.78 Å². The minimum Gasteiger partial charge on any atom is -0.314 e. The van der Waals surface area contributed by atoms with Crippen LogP contribution in [0.4, 0.5) is 0 Å². The molecule has 0 saturated carbocycles. The molecule has 36 heavy (non-hydrogen) atoms. The van der Waals surface area contributed by atoms with Gasteiger partial charge in [-0.15, -0.1) is 0 Å². The van der Waals surface area contributed by atoms with E-state index in [4.69, 9.17) is 0 Å². The van der Waals surface area contributed by atoms with Crippen LogP contribution in [0.1, 0.15) is 21.5 Å². The van der Waals surface area contributed by atoms with Crippen LogP contribution in [0.25, 0.3) is 11.1 Å². The fourth-order valence-corrected chi connectivity index (χ4v) is 8.75. The highest BCUT2D eigenvalue weighted by molar-refractivity contribution is 7.78. The van der Waals surface area contributed by atoms with Gasteiger partial charge in [0.2, 0.25) is 0 Å². The first-order chi connectivity index (χ1) is 17.6. The molecule has 3 heteroatoms. The molecular formula is C33H25O2P. The molecule has 0 bridgehead atoms. The lowest BCUT2D eigenvalue weighted by molar-refractivity contribution is 0.0922. The molecule has 2 nitrogen and oxygen atoms in total. The third-order valence-corrected chi connectivity index (χ3v) is 10.5. The van der Waals surface area contributed by atoms with Gasteiger partial charge in [0.25, 0.3) is 0 Å². The maximum Gasteiger partial charge on any atom is 0.178 e. The quantitative estimate of drug-likeness (QED) is 0.256. The van der Waals surface area contributed by atoms with Gasteiger partial charge in [-0.05, 0) is 22.3 Å². The van der Waals surface area contributed by atoms with Crippen LogP contribution in [-0.4, -0.2) is 11.9 Å². The van der Waals surface area contributed by atoms with Crippen molar-refractivity contribution in [3.8, 4) is 11.1 Å². The zero-order chi connectivity index (χ0) is 24.6. The van der Waals surface area contributed by atoms with Crippen molar-refractivity contribution in [2.75, 3.05) is 6.16 Å². The van der Waals surface area contributed by atoms with Crippen molar-refractivity contribution in [3.05, 3.63) is 156 Å². The highest BCUT2D eigenvalue weighted by Crippen LogP contribution is 2.56. The number of ketones is 1. The predicted molar refractivity (Wildman–Crippen MR) is 148 cm³/mol. The lowest BCUT2D eigenvalue weighted by Crippen LogP contribution is -2.45. The van der Waals surface area contributed by atoms with Gasteiger partial charge >= 0.3 is 0 Å². The van der Waals surface area contributed by atoms with Crippen molar-refractivity contribution in [1.29, 1.82) is 0 Å². The van der Waals surface area contributed by atoms with E-state index in [2.05, 4.69) is 6.07 Å². The molecule has 1 atom stereocenters. The molecule has 0 aliphatic heterocycles. The molecule has 0 heterocycles. The monoisotopic (exact) mass is 484 g/mol. The number of hydrogen-bond donors (Lipinski definition) is 0. The highest BCUT2D eigenvalue weighted by atomic mass is 31.2. The van der Waals surface area contributed by atoms with Crippen LogP contribution >= 0.6 is 7.14 Å². The summed E-state index contributed by atoms with van der Waals surface area (Å²) in [5, 5.41) is 1.52. The van der Waals surface area contributed by atoms with Gasteiger partial charge in [0.1, 0.15) is 7.14 Å². The Kier molecular flexibility index (Phi) is 5.55. The first-order valence-electron chi connectivity index (χ1n) is 12.1. The normalized spacial score (nSPS) is 16.7. The summed E-state index contributed by atoms with van der Waals surface area (Å²) >= 11 is 0. The topological polar surface area (TPSA) is 34.1 Å². The largest absolute Gasteiger partial charge is 0.314 e. The lowest BCUT2D eigenvalue weighted by Gasteiger charge is -2.41. The van der Waals surface area contributed by atoms with Crippen LogP contribution in [0.5, 0.6) is 0 Å². The Morgan fingerprint density at radius 3 is 1.53 bits per heavy atom. The third kappa shape index (κ3) is 3.41. The molecule has 0 spiro atoms. The number of fused-ring (bicyclic) bond motifs is 3. The van der Waals surface area contributed by atoms with E-state index in [1.165, 1.54) is 0 Å². The van der Waals surface area contributed by atoms with Crippen molar-refractivity contribution < 1.29 is 9.36 Å². The van der Waals surface area contributed by atoms with Gasteiger partial charge in [0, 0.05) is 22.3 Å². The maximum absolute atomic E-state index is 15.4. The summed E-state index contributed by atoms with van der Waals surface area (Å²) in [5.41, 5.74) is 3.29. The van der Waals surface area contributed by atoms with Crippen molar-refractivity contribution in [3.63, 3.8) is 0 Å².